The van der Waals surface area contributed by atoms with Crippen LogP contribution >= 0.6 is 11.3 Å². The zero-order valence-electron chi connectivity index (χ0n) is 11.3. The summed E-state index contributed by atoms with van der Waals surface area (Å²) in [4.78, 5) is 1.45. The molecule has 0 aromatic carbocycles. The average molecular weight is 277 g/mol. The van der Waals surface area contributed by atoms with E-state index >= 15 is 0 Å². The molecule has 2 nitrogen and oxygen atoms in total. The second kappa shape index (κ2) is 4.57. The van der Waals surface area contributed by atoms with Crippen LogP contribution in [-0.4, -0.2) is 17.3 Å². The van der Waals surface area contributed by atoms with Gasteiger partial charge in [-0.1, -0.05) is 6.07 Å². The molecule has 0 spiro atoms. The van der Waals surface area contributed by atoms with Crippen molar-refractivity contribution in [2.24, 2.45) is 23.7 Å². The number of aliphatic hydroxyl groups is 1. The van der Waals surface area contributed by atoms with Crippen LogP contribution in [0.3, 0.4) is 0 Å². The van der Waals surface area contributed by atoms with Crippen LogP contribution in [0.5, 0.6) is 0 Å². The summed E-state index contributed by atoms with van der Waals surface area (Å²) in [5.74, 6) is 3.10. The van der Waals surface area contributed by atoms with E-state index in [-0.39, 0.29) is 0 Å². The molecule has 4 fully saturated rings. The van der Waals surface area contributed by atoms with Gasteiger partial charge in [0.25, 0.3) is 0 Å². The molecule has 0 radical (unpaired) electrons. The molecule has 2 unspecified atom stereocenters. The van der Waals surface area contributed by atoms with Gasteiger partial charge >= 0.3 is 0 Å². The molecule has 4 saturated carbocycles. The Labute approximate surface area is 119 Å². The van der Waals surface area contributed by atoms with E-state index in [1.54, 1.807) is 0 Å². The lowest BCUT2D eigenvalue weighted by Gasteiger charge is -2.60. The van der Waals surface area contributed by atoms with Gasteiger partial charge in [0.2, 0.25) is 0 Å². The molecule has 1 heterocycles. The Morgan fingerprint density at radius 3 is 2.68 bits per heavy atom. The van der Waals surface area contributed by atoms with Crippen LogP contribution < -0.4 is 5.32 Å². The van der Waals surface area contributed by atoms with Gasteiger partial charge in [0.05, 0.1) is 0 Å². The zero-order valence-corrected chi connectivity index (χ0v) is 12.2. The van der Waals surface area contributed by atoms with Crippen molar-refractivity contribution < 1.29 is 5.11 Å². The lowest BCUT2D eigenvalue weighted by atomic mass is 9.49. The summed E-state index contributed by atoms with van der Waals surface area (Å²) < 4.78 is 0. The Morgan fingerprint density at radius 2 is 2.05 bits per heavy atom. The van der Waals surface area contributed by atoms with E-state index in [2.05, 4.69) is 22.8 Å². The van der Waals surface area contributed by atoms with Crippen molar-refractivity contribution in [3.63, 3.8) is 0 Å². The predicted octanol–water partition coefficient (Wildman–Crippen LogP) is 3.02. The second-order valence-corrected chi connectivity index (χ2v) is 8.06. The van der Waals surface area contributed by atoms with Crippen molar-refractivity contribution in [3.05, 3.63) is 22.4 Å². The number of hydrogen-bond acceptors (Lipinski definition) is 3. The highest BCUT2D eigenvalue weighted by Crippen LogP contribution is 2.58. The molecule has 4 aliphatic rings. The quantitative estimate of drug-likeness (QED) is 0.886. The highest BCUT2D eigenvalue weighted by molar-refractivity contribution is 7.09. The monoisotopic (exact) mass is 277 g/mol. The van der Waals surface area contributed by atoms with Crippen molar-refractivity contribution in [2.75, 3.05) is 6.61 Å². The first-order valence-corrected chi connectivity index (χ1v) is 8.54. The lowest BCUT2D eigenvalue weighted by Crippen LogP contribution is -2.61. The summed E-state index contributed by atoms with van der Waals surface area (Å²) in [5.41, 5.74) is 0.395. The van der Waals surface area contributed by atoms with Gasteiger partial charge in [0.1, 0.15) is 0 Å². The Bertz CT molecular complexity index is 428. The first-order chi connectivity index (χ1) is 9.28. The molecule has 1 aromatic heterocycles. The number of hydrogen-bond donors (Lipinski definition) is 2. The minimum atomic E-state index is 0.395. The van der Waals surface area contributed by atoms with E-state index < -0.39 is 0 Å². The molecule has 2 atom stereocenters. The summed E-state index contributed by atoms with van der Waals surface area (Å²) in [7, 11) is 0. The Morgan fingerprint density at radius 1 is 1.26 bits per heavy atom. The summed E-state index contributed by atoms with van der Waals surface area (Å²) >= 11 is 1.85. The van der Waals surface area contributed by atoms with E-state index in [0.29, 0.717) is 18.1 Å². The molecule has 0 aliphatic heterocycles. The van der Waals surface area contributed by atoms with Gasteiger partial charge in [0.15, 0.2) is 0 Å². The Kier molecular flexibility index (Phi) is 2.98. The van der Waals surface area contributed by atoms with Crippen molar-refractivity contribution in [3.8, 4) is 0 Å². The summed E-state index contributed by atoms with van der Waals surface area (Å²) in [5, 5.41) is 15.7. The third-order valence-electron chi connectivity index (χ3n) is 5.90. The van der Waals surface area contributed by atoms with Crippen LogP contribution in [0.15, 0.2) is 17.5 Å². The molecule has 0 saturated heterocycles. The first kappa shape index (κ1) is 12.4. The zero-order chi connectivity index (χ0) is 12.9. The van der Waals surface area contributed by atoms with Gasteiger partial charge in [-0.15, -0.1) is 11.3 Å². The largest absolute Gasteiger partial charge is 0.396 e. The Balaban J connectivity index is 1.50. The maximum absolute atomic E-state index is 9.64. The van der Waals surface area contributed by atoms with E-state index in [4.69, 9.17) is 0 Å². The van der Waals surface area contributed by atoms with Crippen LogP contribution in [-0.2, 0) is 6.54 Å². The van der Waals surface area contributed by atoms with Crippen LogP contribution in [0.1, 0.15) is 37.0 Å². The highest BCUT2D eigenvalue weighted by atomic mass is 32.1. The second-order valence-electron chi connectivity index (χ2n) is 7.03. The van der Waals surface area contributed by atoms with E-state index in [1.807, 2.05) is 11.3 Å². The number of rotatable bonds is 4. The third-order valence-corrected chi connectivity index (χ3v) is 6.77. The number of nitrogens with one attached hydrogen (secondary N) is 1. The number of aliphatic hydroxyl groups excluding tert-OH is 1. The van der Waals surface area contributed by atoms with Gasteiger partial charge in [0, 0.05) is 23.6 Å². The van der Waals surface area contributed by atoms with E-state index in [0.717, 1.165) is 24.3 Å². The van der Waals surface area contributed by atoms with Crippen molar-refractivity contribution in [1.82, 2.24) is 5.32 Å². The maximum atomic E-state index is 9.64. The predicted molar refractivity (Wildman–Crippen MR) is 78.0 cm³/mol. The van der Waals surface area contributed by atoms with Crippen LogP contribution in [0.4, 0.5) is 0 Å². The van der Waals surface area contributed by atoms with Gasteiger partial charge in [-0.25, -0.2) is 0 Å². The van der Waals surface area contributed by atoms with Gasteiger partial charge in [-0.05, 0) is 67.2 Å². The van der Waals surface area contributed by atoms with Crippen LogP contribution in [0, 0.1) is 23.7 Å². The molecular weight excluding hydrogens is 254 g/mol. The van der Waals surface area contributed by atoms with Gasteiger partial charge in [-0.2, -0.15) is 0 Å². The first-order valence-electron chi connectivity index (χ1n) is 7.66. The average Bonchev–Trinajstić information content (AvgIpc) is 2.89. The standard InChI is InChI=1S/C16H23NOS/c18-10-15-12-4-11-5-13(15)8-16(6-11,7-12)17-9-14-2-1-3-19-14/h1-3,11-13,15,17-18H,4-10H2. The van der Waals surface area contributed by atoms with Crippen LogP contribution in [0.2, 0.25) is 0 Å². The van der Waals surface area contributed by atoms with Crippen molar-refractivity contribution in [2.45, 2.75) is 44.2 Å². The molecule has 4 aliphatic carbocycles. The van der Waals surface area contributed by atoms with Gasteiger partial charge in [-0.3, -0.25) is 0 Å². The Hall–Kier alpha value is -0.380. The van der Waals surface area contributed by atoms with Crippen molar-refractivity contribution in [1.29, 1.82) is 0 Å². The topological polar surface area (TPSA) is 32.3 Å². The minimum absolute atomic E-state index is 0.395. The molecule has 4 bridgehead atoms. The molecule has 104 valence electrons. The SMILES string of the molecule is OCC1C2CC3CC1CC(NCc1cccs1)(C3)C2. The molecule has 1 aromatic rings. The minimum Gasteiger partial charge on any atom is -0.396 e. The van der Waals surface area contributed by atoms with Crippen LogP contribution in [0.25, 0.3) is 0 Å². The molecule has 19 heavy (non-hydrogen) atoms. The van der Waals surface area contributed by atoms with E-state index in [1.165, 1.54) is 37.0 Å². The molecule has 0 amide bonds. The van der Waals surface area contributed by atoms with Crippen molar-refractivity contribution >= 4 is 11.3 Å². The molecule has 2 N–H and O–H groups in total. The third kappa shape index (κ3) is 2.07. The number of thiophene rings is 1. The normalized spacial score (nSPS) is 43.8. The molecule has 5 rings (SSSR count). The maximum Gasteiger partial charge on any atom is 0.0464 e. The fourth-order valence-corrected chi connectivity index (χ4v) is 5.98. The smallest absolute Gasteiger partial charge is 0.0464 e. The highest BCUT2D eigenvalue weighted by Gasteiger charge is 2.54. The fraction of sp³-hybridized carbons (Fsp3) is 0.750. The fourth-order valence-electron chi connectivity index (χ4n) is 5.33. The molecular formula is C16H23NOS. The summed E-state index contributed by atoms with van der Waals surface area (Å²) in [6.45, 7) is 1.46. The summed E-state index contributed by atoms with van der Waals surface area (Å²) in [6, 6.07) is 4.37. The summed E-state index contributed by atoms with van der Waals surface area (Å²) in [6.07, 6.45) is 6.74. The van der Waals surface area contributed by atoms with Gasteiger partial charge < -0.3 is 10.4 Å². The van der Waals surface area contributed by atoms with E-state index in [9.17, 15) is 5.11 Å². The molecule has 3 heteroatoms. The lowest BCUT2D eigenvalue weighted by molar-refractivity contribution is -0.0829.